The van der Waals surface area contributed by atoms with Crippen LogP contribution in [0.4, 0.5) is 0 Å². The number of hydrogen-bond donors (Lipinski definition) is 1. The van der Waals surface area contributed by atoms with Crippen molar-refractivity contribution in [2.75, 3.05) is 0 Å². The van der Waals surface area contributed by atoms with Crippen molar-refractivity contribution in [2.45, 2.75) is 89.9 Å². The van der Waals surface area contributed by atoms with Crippen molar-refractivity contribution in [3.8, 4) is 0 Å². The average molecular weight is 293 g/mol. The Hall–Kier alpha value is -1.05. The third-order valence-electron chi connectivity index (χ3n) is 3.74. The van der Waals surface area contributed by atoms with Crippen LogP contribution in [0.5, 0.6) is 0 Å². The van der Waals surface area contributed by atoms with Crippen molar-refractivity contribution in [2.24, 2.45) is 5.73 Å². The van der Waals surface area contributed by atoms with Crippen LogP contribution >= 0.6 is 0 Å². The molecule has 0 spiro atoms. The Balaban J connectivity index is 3.08. The zero-order chi connectivity index (χ0) is 15.6. The van der Waals surface area contributed by atoms with Gasteiger partial charge in [-0.15, -0.1) is 6.58 Å². The van der Waals surface area contributed by atoms with Gasteiger partial charge in [-0.1, -0.05) is 56.8 Å². The van der Waals surface area contributed by atoms with E-state index >= 15 is 0 Å². The van der Waals surface area contributed by atoms with Crippen molar-refractivity contribution in [3.63, 3.8) is 0 Å². The highest BCUT2D eigenvalue weighted by molar-refractivity contribution is 5.73. The molecule has 0 aromatic rings. The van der Waals surface area contributed by atoms with E-state index in [1.807, 2.05) is 6.08 Å². The summed E-state index contributed by atoms with van der Waals surface area (Å²) in [7, 11) is 0. The van der Waals surface area contributed by atoms with Crippen LogP contribution in [0.2, 0.25) is 0 Å². The average Bonchev–Trinajstić information content (AvgIpc) is 2.46. The number of nitrogens with two attached hydrogens (primary N) is 1. The van der Waals surface area contributed by atoms with Gasteiger partial charge in [-0.3, -0.25) is 4.79 Å². The van der Waals surface area contributed by atoms with Crippen LogP contribution in [0, 0.1) is 0 Å². The highest BCUT2D eigenvalue weighted by atomic mass is 16.1. The molecule has 0 unspecified atom stereocenters. The first-order valence-corrected chi connectivity index (χ1v) is 8.81. The van der Waals surface area contributed by atoms with E-state index in [1.54, 1.807) is 0 Å². The zero-order valence-electron chi connectivity index (χ0n) is 13.8. The Morgan fingerprint density at radius 2 is 1.14 bits per heavy atom. The van der Waals surface area contributed by atoms with Gasteiger partial charge >= 0.3 is 0 Å². The van der Waals surface area contributed by atoms with E-state index in [0.717, 1.165) is 12.8 Å². The minimum Gasteiger partial charge on any atom is -0.370 e. The fourth-order valence-corrected chi connectivity index (χ4v) is 2.41. The van der Waals surface area contributed by atoms with E-state index in [-0.39, 0.29) is 5.91 Å². The maximum Gasteiger partial charge on any atom is 0.217 e. The van der Waals surface area contributed by atoms with Crippen LogP contribution in [-0.2, 0) is 4.79 Å². The van der Waals surface area contributed by atoms with E-state index in [4.69, 9.17) is 5.73 Å². The molecule has 1 amide bonds. The molecule has 0 heterocycles. The third kappa shape index (κ3) is 18.9. The molecule has 0 radical (unpaired) electrons. The summed E-state index contributed by atoms with van der Waals surface area (Å²) in [6.45, 7) is 3.74. The number of allylic oxidation sites excluding steroid dienone is 3. The van der Waals surface area contributed by atoms with Gasteiger partial charge in [-0.2, -0.15) is 0 Å². The summed E-state index contributed by atoms with van der Waals surface area (Å²) >= 11 is 0. The minimum atomic E-state index is -0.166. The van der Waals surface area contributed by atoms with Crippen molar-refractivity contribution in [1.29, 1.82) is 0 Å². The lowest BCUT2D eigenvalue weighted by molar-refractivity contribution is -0.118. The van der Waals surface area contributed by atoms with Gasteiger partial charge < -0.3 is 5.73 Å². The van der Waals surface area contributed by atoms with Crippen LogP contribution in [0.25, 0.3) is 0 Å². The van der Waals surface area contributed by atoms with Gasteiger partial charge in [0.1, 0.15) is 0 Å². The maximum absolute atomic E-state index is 10.6. The molecular weight excluding hydrogens is 258 g/mol. The van der Waals surface area contributed by atoms with Gasteiger partial charge in [0.2, 0.25) is 5.91 Å². The molecule has 0 bridgehead atoms. The van der Waals surface area contributed by atoms with Gasteiger partial charge in [0.05, 0.1) is 0 Å². The molecule has 2 heteroatoms. The molecule has 0 aromatic carbocycles. The molecule has 2 nitrogen and oxygen atoms in total. The molecule has 122 valence electrons. The van der Waals surface area contributed by atoms with Gasteiger partial charge in [0.25, 0.3) is 0 Å². The molecule has 21 heavy (non-hydrogen) atoms. The van der Waals surface area contributed by atoms with Crippen molar-refractivity contribution < 1.29 is 4.79 Å². The van der Waals surface area contributed by atoms with E-state index in [2.05, 4.69) is 18.7 Å². The van der Waals surface area contributed by atoms with Crippen LogP contribution in [0.3, 0.4) is 0 Å². The lowest BCUT2D eigenvalue weighted by atomic mass is 10.1. The van der Waals surface area contributed by atoms with E-state index < -0.39 is 0 Å². The van der Waals surface area contributed by atoms with Crippen molar-refractivity contribution >= 4 is 5.91 Å². The number of carbonyl (C=O) groups excluding carboxylic acids is 1. The largest absolute Gasteiger partial charge is 0.370 e. The summed E-state index contributed by atoms with van der Waals surface area (Å²) < 4.78 is 0. The first-order chi connectivity index (χ1) is 10.3. The second-order valence-electron chi connectivity index (χ2n) is 5.88. The molecule has 0 aromatic heterocycles. The second kappa shape index (κ2) is 17.0. The predicted octanol–water partition coefficient (Wildman–Crippen LogP) is 5.68. The second-order valence-corrected chi connectivity index (χ2v) is 5.88. The van der Waals surface area contributed by atoms with Gasteiger partial charge in [0, 0.05) is 6.42 Å². The summed E-state index contributed by atoms with van der Waals surface area (Å²) in [5.74, 6) is -0.166. The molecule has 0 rings (SSSR count). The predicted molar refractivity (Wildman–Crippen MR) is 93.2 cm³/mol. The summed E-state index contributed by atoms with van der Waals surface area (Å²) in [5, 5.41) is 0. The first-order valence-electron chi connectivity index (χ1n) is 8.81. The SMILES string of the molecule is C=CCCCCCC/C=C/CCCCCCCCC(N)=O. The number of hydrogen-bond acceptors (Lipinski definition) is 1. The Morgan fingerprint density at radius 3 is 1.62 bits per heavy atom. The van der Waals surface area contributed by atoms with Gasteiger partial charge in [-0.05, 0) is 44.9 Å². The molecule has 0 atom stereocenters. The smallest absolute Gasteiger partial charge is 0.217 e. The van der Waals surface area contributed by atoms with Crippen LogP contribution < -0.4 is 5.73 Å². The molecule has 0 saturated heterocycles. The molecule has 0 aliphatic rings. The molecule has 0 fully saturated rings. The summed E-state index contributed by atoms with van der Waals surface area (Å²) in [6, 6.07) is 0. The molecule has 0 aliphatic carbocycles. The van der Waals surface area contributed by atoms with E-state index in [9.17, 15) is 4.79 Å². The summed E-state index contributed by atoms with van der Waals surface area (Å²) in [4.78, 5) is 10.6. The highest BCUT2D eigenvalue weighted by Gasteiger charge is 1.94. The third-order valence-corrected chi connectivity index (χ3v) is 3.74. The Bertz CT molecular complexity index is 271. The van der Waals surface area contributed by atoms with Gasteiger partial charge in [-0.25, -0.2) is 0 Å². The Morgan fingerprint density at radius 1 is 0.714 bits per heavy atom. The number of rotatable bonds is 16. The zero-order valence-corrected chi connectivity index (χ0v) is 13.8. The standard InChI is InChI=1S/C19H35NO/c1-2-3-4-5-6-7-8-9-10-11-12-13-14-15-16-17-18-19(20)21/h2,9-10H,1,3-8,11-18H2,(H2,20,21)/b10-9+. The summed E-state index contributed by atoms with van der Waals surface area (Å²) in [6.07, 6.45) is 23.4. The fraction of sp³-hybridized carbons (Fsp3) is 0.737. The lowest BCUT2D eigenvalue weighted by Gasteiger charge is -1.99. The Labute approximate surface area is 131 Å². The van der Waals surface area contributed by atoms with Gasteiger partial charge in [0.15, 0.2) is 0 Å². The van der Waals surface area contributed by atoms with Crippen LogP contribution in [0.15, 0.2) is 24.8 Å². The van der Waals surface area contributed by atoms with Crippen LogP contribution in [-0.4, -0.2) is 5.91 Å². The van der Waals surface area contributed by atoms with E-state index in [0.29, 0.717) is 6.42 Å². The molecule has 0 saturated carbocycles. The monoisotopic (exact) mass is 293 g/mol. The fourth-order valence-electron chi connectivity index (χ4n) is 2.41. The van der Waals surface area contributed by atoms with E-state index in [1.165, 1.54) is 70.6 Å². The number of unbranched alkanes of at least 4 members (excludes halogenated alkanes) is 11. The molecule has 2 N–H and O–H groups in total. The Kier molecular flexibility index (Phi) is 16.2. The topological polar surface area (TPSA) is 43.1 Å². The number of primary amides is 1. The van der Waals surface area contributed by atoms with Crippen LogP contribution in [0.1, 0.15) is 89.9 Å². The molecular formula is C19H35NO. The van der Waals surface area contributed by atoms with Crippen molar-refractivity contribution in [1.82, 2.24) is 0 Å². The normalized spacial score (nSPS) is 11.0. The number of amides is 1. The highest BCUT2D eigenvalue weighted by Crippen LogP contribution is 2.10. The maximum atomic E-state index is 10.6. The summed E-state index contributed by atoms with van der Waals surface area (Å²) in [5.41, 5.74) is 5.10. The quantitative estimate of drug-likeness (QED) is 0.289. The minimum absolute atomic E-state index is 0.166. The molecule has 0 aliphatic heterocycles. The number of carbonyl (C=O) groups is 1. The van der Waals surface area contributed by atoms with Crippen molar-refractivity contribution in [3.05, 3.63) is 24.8 Å². The first kappa shape index (κ1) is 19.9. The lowest BCUT2D eigenvalue weighted by Crippen LogP contribution is -2.09.